The van der Waals surface area contributed by atoms with Crippen LogP contribution in [0.2, 0.25) is 0 Å². The van der Waals surface area contributed by atoms with Crippen LogP contribution in [0.3, 0.4) is 0 Å². The maximum absolute atomic E-state index is 14.0. The van der Waals surface area contributed by atoms with E-state index in [1.165, 1.54) is 6.08 Å². The monoisotopic (exact) mass is 400 g/mol. The van der Waals surface area contributed by atoms with Crippen LogP contribution in [-0.4, -0.2) is 32.1 Å². The van der Waals surface area contributed by atoms with E-state index in [9.17, 15) is 13.4 Å². The van der Waals surface area contributed by atoms with Crippen LogP contribution < -0.4 is 4.74 Å². The van der Waals surface area contributed by atoms with Crippen molar-refractivity contribution in [2.75, 3.05) is 13.2 Å². The van der Waals surface area contributed by atoms with Crippen LogP contribution in [0.25, 0.3) is 5.76 Å². The Hall–Kier alpha value is -3.42. The lowest BCUT2D eigenvalue weighted by molar-refractivity contribution is -0.183. The molecule has 8 heteroatoms. The summed E-state index contributed by atoms with van der Waals surface area (Å²) in [6, 6.07) is 15.0. The molecule has 0 bridgehead atoms. The van der Waals surface area contributed by atoms with E-state index in [2.05, 4.69) is 6.58 Å². The van der Waals surface area contributed by atoms with Gasteiger partial charge < -0.3 is 27.1 Å². The molecule has 0 unspecified atom stereocenters. The molecule has 0 aliphatic carbocycles. The Morgan fingerprint density at radius 3 is 2.41 bits per heavy atom. The summed E-state index contributed by atoms with van der Waals surface area (Å²) in [5.74, 6) is 0.0525. The minimum Gasteiger partial charge on any atom is -0.569 e. The minimum atomic E-state index is -4.48. The first-order chi connectivity index (χ1) is 13.8. The molecule has 0 aromatic heterocycles. The molecule has 150 valence electrons. The second kappa shape index (κ2) is 8.73. The Labute approximate surface area is 167 Å². The molecule has 29 heavy (non-hydrogen) atoms. The van der Waals surface area contributed by atoms with E-state index in [0.717, 1.165) is 0 Å². The molecule has 0 atom stereocenters. The van der Waals surface area contributed by atoms with Gasteiger partial charge in [0.15, 0.2) is 0 Å². The fourth-order valence-corrected chi connectivity index (χ4v) is 2.54. The van der Waals surface area contributed by atoms with E-state index < -0.39 is 13.1 Å². The zero-order valence-electron chi connectivity index (χ0n) is 15.8. The summed E-state index contributed by atoms with van der Waals surface area (Å²) in [6.45, 7) is 5.27. The molecule has 2 aromatic rings. The Balaban J connectivity index is 1.67. The molecule has 1 heterocycles. The fraction of sp³-hybridized carbons (Fsp3) is 0.143. The average molecular weight is 400 g/mol. The lowest BCUT2D eigenvalue weighted by atomic mass is 10.0. The van der Waals surface area contributed by atoms with Gasteiger partial charge >= 0.3 is 13.1 Å². The molecular weight excluding hydrogens is 381 g/mol. The first kappa shape index (κ1) is 20.3. The van der Waals surface area contributed by atoms with E-state index in [1.54, 1.807) is 61.5 Å². The standard InChI is InChI=1S/C21H19BF2O5/c1-15(2)21(25)27-13-12-26-18-10-8-17(9-11-18)20-14-19(28-22(23,24)29-20)16-6-4-3-5-7-16/h3-11,14H,1,12-13H2,2H3. The van der Waals surface area contributed by atoms with Gasteiger partial charge in [-0.25, -0.2) is 4.79 Å². The highest BCUT2D eigenvalue weighted by Gasteiger charge is 2.53. The Kier molecular flexibility index (Phi) is 6.12. The number of hydrogen-bond donors (Lipinski definition) is 0. The quantitative estimate of drug-likeness (QED) is 0.228. The molecule has 0 fully saturated rings. The predicted octanol–water partition coefficient (Wildman–Crippen LogP) is 4.35. The molecule has 0 amide bonds. The van der Waals surface area contributed by atoms with Crippen molar-refractivity contribution < 1.29 is 31.9 Å². The van der Waals surface area contributed by atoms with E-state index in [1.807, 2.05) is 0 Å². The number of rotatable bonds is 7. The zero-order chi connectivity index (χ0) is 20.9. The highest BCUT2D eigenvalue weighted by molar-refractivity contribution is 6.52. The lowest BCUT2D eigenvalue weighted by Crippen LogP contribution is -2.30. The first-order valence-electron chi connectivity index (χ1n) is 8.92. The van der Waals surface area contributed by atoms with Gasteiger partial charge in [0.2, 0.25) is 0 Å². The maximum atomic E-state index is 14.0. The highest BCUT2D eigenvalue weighted by Crippen LogP contribution is 2.29. The van der Waals surface area contributed by atoms with Crippen LogP contribution in [0, 0.1) is 0 Å². The molecule has 0 radical (unpaired) electrons. The van der Waals surface area contributed by atoms with Crippen molar-refractivity contribution in [3.63, 3.8) is 0 Å². The number of esters is 1. The van der Waals surface area contributed by atoms with Crippen LogP contribution in [0.4, 0.5) is 8.63 Å². The average Bonchev–Trinajstić information content (AvgIpc) is 2.71. The number of hydrogen-bond acceptors (Lipinski definition) is 4. The van der Waals surface area contributed by atoms with Crippen molar-refractivity contribution in [2.45, 2.75) is 6.92 Å². The maximum Gasteiger partial charge on any atom is 0.995 e. The number of carbonyl (C=O) groups is 1. The Morgan fingerprint density at radius 1 is 1.07 bits per heavy atom. The van der Waals surface area contributed by atoms with E-state index in [4.69, 9.17) is 18.5 Å². The minimum absolute atomic E-state index is 0.00189. The van der Waals surface area contributed by atoms with E-state index in [-0.39, 0.29) is 24.8 Å². The second-order valence-corrected chi connectivity index (χ2v) is 6.30. The summed E-state index contributed by atoms with van der Waals surface area (Å²) in [5, 5.41) is 0. The molecule has 5 nitrogen and oxygen atoms in total. The third-order valence-corrected chi connectivity index (χ3v) is 3.92. The van der Waals surface area contributed by atoms with Crippen molar-refractivity contribution in [2.24, 2.45) is 0 Å². The summed E-state index contributed by atoms with van der Waals surface area (Å²) in [4.78, 5) is 11.3. The molecule has 0 saturated carbocycles. The SMILES string of the molecule is C=C(C)C(=O)OCCOc1ccc(C2=CC(c3ccccc3)=[O+][B-](F)(F)O2)cc1. The van der Waals surface area contributed by atoms with Gasteiger partial charge in [0.25, 0.3) is 5.78 Å². The third-order valence-electron chi connectivity index (χ3n) is 3.92. The number of halogens is 2. The molecule has 0 saturated heterocycles. The van der Waals surface area contributed by atoms with Gasteiger partial charge in [-0.2, -0.15) is 0 Å². The summed E-state index contributed by atoms with van der Waals surface area (Å²) in [5.41, 5.74) is 1.28. The lowest BCUT2D eigenvalue weighted by Gasteiger charge is -2.20. The number of ether oxygens (including phenoxy) is 2. The number of allylic oxidation sites excluding steroid dienone is 1. The topological polar surface area (TPSA) is 56.1 Å². The van der Waals surface area contributed by atoms with Gasteiger partial charge in [-0.15, -0.1) is 0 Å². The fourth-order valence-electron chi connectivity index (χ4n) is 2.54. The molecule has 2 aromatic carbocycles. The first-order valence-corrected chi connectivity index (χ1v) is 8.92. The zero-order valence-corrected chi connectivity index (χ0v) is 15.8. The molecule has 1 aliphatic rings. The Morgan fingerprint density at radius 2 is 1.76 bits per heavy atom. The molecule has 0 spiro atoms. The van der Waals surface area contributed by atoms with Gasteiger partial charge in [-0.05, 0) is 43.3 Å². The summed E-state index contributed by atoms with van der Waals surface area (Å²) in [6.07, 6.45) is 1.43. The number of ketones is 1. The van der Waals surface area contributed by atoms with Crippen molar-refractivity contribution in [1.82, 2.24) is 0 Å². The van der Waals surface area contributed by atoms with Gasteiger partial charge in [-0.1, -0.05) is 24.8 Å². The molecule has 1 aliphatic heterocycles. The normalized spacial score (nSPS) is 14.9. The Bertz CT molecular complexity index is 953. The smallest absolute Gasteiger partial charge is 0.569 e. The summed E-state index contributed by atoms with van der Waals surface area (Å²) >= 11 is 0. The molecule has 0 N–H and O–H groups in total. The van der Waals surface area contributed by atoms with Crippen molar-refractivity contribution >= 4 is 24.6 Å². The van der Waals surface area contributed by atoms with Crippen LogP contribution >= 0.6 is 0 Å². The van der Waals surface area contributed by atoms with Gasteiger partial charge in [-0.3, -0.25) is 0 Å². The summed E-state index contributed by atoms with van der Waals surface area (Å²) in [7, 11) is -4.48. The van der Waals surface area contributed by atoms with Crippen LogP contribution in [0.15, 0.2) is 72.8 Å². The largest absolute Gasteiger partial charge is 0.995 e. The molecule has 3 rings (SSSR count). The van der Waals surface area contributed by atoms with Crippen LogP contribution in [0.1, 0.15) is 22.4 Å². The highest BCUT2D eigenvalue weighted by atomic mass is 19.3. The molecular formula is C21H19BF2O5. The van der Waals surface area contributed by atoms with Gasteiger partial charge in [0, 0.05) is 11.1 Å². The van der Waals surface area contributed by atoms with Gasteiger partial charge in [0.05, 0.1) is 17.4 Å². The number of benzene rings is 2. The van der Waals surface area contributed by atoms with E-state index in [0.29, 0.717) is 22.4 Å². The van der Waals surface area contributed by atoms with Gasteiger partial charge in [0.1, 0.15) is 19.0 Å². The van der Waals surface area contributed by atoms with Crippen molar-refractivity contribution in [3.05, 3.63) is 84.0 Å². The van der Waals surface area contributed by atoms with Crippen molar-refractivity contribution in [3.8, 4) is 5.75 Å². The van der Waals surface area contributed by atoms with E-state index >= 15 is 0 Å². The van der Waals surface area contributed by atoms with Crippen molar-refractivity contribution in [1.29, 1.82) is 0 Å². The predicted molar refractivity (Wildman–Crippen MR) is 106 cm³/mol. The summed E-state index contributed by atoms with van der Waals surface area (Å²) < 4.78 is 47.8. The van der Waals surface area contributed by atoms with Crippen LogP contribution in [-0.2, 0) is 14.2 Å². The second-order valence-electron chi connectivity index (χ2n) is 6.30. The van der Waals surface area contributed by atoms with Crippen LogP contribution in [0.5, 0.6) is 5.75 Å². The third kappa shape index (κ3) is 5.54. The number of carbonyl (C=O) groups excluding carboxylic acids is 2.